The summed E-state index contributed by atoms with van der Waals surface area (Å²) in [5, 5.41) is 17.8. The van der Waals surface area contributed by atoms with Crippen molar-refractivity contribution in [2.75, 3.05) is 19.7 Å². The molecule has 0 aliphatic carbocycles. The lowest BCUT2D eigenvalue weighted by Crippen LogP contribution is -2.34. The fraction of sp³-hybridized carbons (Fsp3) is 0.500. The fourth-order valence-corrected chi connectivity index (χ4v) is 3.32. The number of rotatable bonds is 8. The van der Waals surface area contributed by atoms with Crippen LogP contribution >= 0.6 is 0 Å². The van der Waals surface area contributed by atoms with E-state index < -0.39 is 10.0 Å². The van der Waals surface area contributed by atoms with Gasteiger partial charge >= 0.3 is 0 Å². The highest BCUT2D eigenvalue weighted by molar-refractivity contribution is 7.89. The first-order valence-corrected chi connectivity index (χ1v) is 8.11. The third kappa shape index (κ3) is 4.30. The summed E-state index contributed by atoms with van der Waals surface area (Å²) in [6.45, 7) is 2.33. The minimum absolute atomic E-state index is 0.0893. The van der Waals surface area contributed by atoms with Crippen molar-refractivity contribution in [2.24, 2.45) is 0 Å². The van der Waals surface area contributed by atoms with E-state index in [9.17, 15) is 8.42 Å². The normalized spacial score (nSPS) is 11.5. The van der Waals surface area contributed by atoms with Gasteiger partial charge in [-0.05, 0) is 30.7 Å². The Morgan fingerprint density at radius 1 is 1.20 bits per heavy atom. The molecule has 0 fully saturated rings. The van der Waals surface area contributed by atoms with Gasteiger partial charge in [-0.15, -0.1) is 0 Å². The Balaban J connectivity index is 2.93. The molecule has 0 aliphatic rings. The minimum atomic E-state index is -3.60. The molecule has 0 saturated heterocycles. The van der Waals surface area contributed by atoms with Gasteiger partial charge in [0.1, 0.15) is 0 Å². The van der Waals surface area contributed by atoms with Crippen LogP contribution in [0.1, 0.15) is 31.7 Å². The first-order valence-electron chi connectivity index (χ1n) is 6.67. The van der Waals surface area contributed by atoms with Crippen LogP contribution in [-0.2, 0) is 10.0 Å². The molecule has 0 amide bonds. The van der Waals surface area contributed by atoms with E-state index in [0.717, 1.165) is 19.3 Å². The van der Waals surface area contributed by atoms with E-state index in [1.807, 2.05) is 13.0 Å². The van der Waals surface area contributed by atoms with Crippen LogP contribution in [0.4, 0.5) is 0 Å². The second-order valence-corrected chi connectivity index (χ2v) is 6.41. The summed E-state index contributed by atoms with van der Waals surface area (Å²) >= 11 is 0. The lowest BCUT2D eigenvalue weighted by molar-refractivity contribution is 0.252. The molecule has 110 valence electrons. The summed E-state index contributed by atoms with van der Waals surface area (Å²) in [5.41, 5.74) is 0.420. The van der Waals surface area contributed by atoms with Crippen molar-refractivity contribution in [3.63, 3.8) is 0 Å². The average Bonchev–Trinajstić information content (AvgIpc) is 2.46. The van der Waals surface area contributed by atoms with Gasteiger partial charge in [0, 0.05) is 13.1 Å². The highest BCUT2D eigenvalue weighted by atomic mass is 32.2. The van der Waals surface area contributed by atoms with E-state index in [1.54, 1.807) is 0 Å². The SMILES string of the molecule is CCCCCN(CCO)S(=O)(=O)c1ccc(C#N)cc1. The van der Waals surface area contributed by atoms with Crippen LogP contribution in [0, 0.1) is 11.3 Å². The molecule has 20 heavy (non-hydrogen) atoms. The van der Waals surface area contributed by atoms with Crippen LogP contribution in [0.15, 0.2) is 29.2 Å². The molecule has 5 nitrogen and oxygen atoms in total. The van der Waals surface area contributed by atoms with Crippen molar-refractivity contribution in [1.82, 2.24) is 4.31 Å². The number of nitriles is 1. The molecule has 0 bridgehead atoms. The molecule has 1 N–H and O–H groups in total. The summed E-state index contributed by atoms with van der Waals surface area (Å²) in [5.74, 6) is 0. The quantitative estimate of drug-likeness (QED) is 0.741. The summed E-state index contributed by atoms with van der Waals surface area (Å²) in [6, 6.07) is 7.78. The molecule has 0 saturated carbocycles. The first kappa shape index (κ1) is 16.6. The van der Waals surface area contributed by atoms with Gasteiger partial charge in [0.25, 0.3) is 0 Å². The van der Waals surface area contributed by atoms with Gasteiger partial charge in [0.05, 0.1) is 23.1 Å². The third-order valence-corrected chi connectivity index (χ3v) is 4.89. The number of sulfonamides is 1. The maximum atomic E-state index is 12.4. The molecular formula is C14H20N2O3S. The zero-order valence-electron chi connectivity index (χ0n) is 11.6. The van der Waals surface area contributed by atoms with Gasteiger partial charge < -0.3 is 5.11 Å². The molecule has 0 atom stereocenters. The number of unbranched alkanes of at least 4 members (excludes halogenated alkanes) is 2. The zero-order valence-corrected chi connectivity index (χ0v) is 12.4. The Bertz CT molecular complexity index is 547. The molecule has 0 radical (unpaired) electrons. The van der Waals surface area contributed by atoms with Gasteiger partial charge in [0.15, 0.2) is 0 Å². The standard InChI is InChI=1S/C14H20N2O3S/c1-2-3-4-9-16(10-11-17)20(18,19)14-7-5-13(12-15)6-8-14/h5-8,17H,2-4,9-11H2,1H3. The van der Waals surface area contributed by atoms with Crippen LogP contribution in [0.3, 0.4) is 0 Å². The molecule has 0 heterocycles. The minimum Gasteiger partial charge on any atom is -0.395 e. The largest absolute Gasteiger partial charge is 0.395 e. The maximum absolute atomic E-state index is 12.4. The van der Waals surface area contributed by atoms with Gasteiger partial charge in [-0.1, -0.05) is 19.8 Å². The molecule has 1 aromatic carbocycles. The number of nitrogens with zero attached hydrogens (tertiary/aromatic N) is 2. The highest BCUT2D eigenvalue weighted by Crippen LogP contribution is 2.17. The van der Waals surface area contributed by atoms with E-state index in [1.165, 1.54) is 28.6 Å². The second kappa shape index (κ2) is 8.00. The van der Waals surface area contributed by atoms with Gasteiger partial charge in [-0.25, -0.2) is 8.42 Å². The van der Waals surface area contributed by atoms with Gasteiger partial charge in [-0.2, -0.15) is 9.57 Å². The number of hydrogen-bond donors (Lipinski definition) is 1. The number of hydrogen-bond acceptors (Lipinski definition) is 4. The topological polar surface area (TPSA) is 81.4 Å². The predicted molar refractivity (Wildman–Crippen MR) is 76.5 cm³/mol. The van der Waals surface area contributed by atoms with E-state index in [4.69, 9.17) is 10.4 Å². The average molecular weight is 296 g/mol. The van der Waals surface area contributed by atoms with Crippen molar-refractivity contribution in [2.45, 2.75) is 31.1 Å². The third-order valence-electron chi connectivity index (χ3n) is 2.98. The highest BCUT2D eigenvalue weighted by Gasteiger charge is 2.23. The molecule has 1 rings (SSSR count). The van der Waals surface area contributed by atoms with E-state index >= 15 is 0 Å². The molecule has 0 aromatic heterocycles. The van der Waals surface area contributed by atoms with Crippen LogP contribution in [0.2, 0.25) is 0 Å². The predicted octanol–water partition coefficient (Wildman–Crippen LogP) is 1.73. The van der Waals surface area contributed by atoms with E-state index in [-0.39, 0.29) is 18.0 Å². The zero-order chi connectivity index (χ0) is 15.0. The Kier molecular flexibility index (Phi) is 6.65. The van der Waals surface area contributed by atoms with Crippen LogP contribution < -0.4 is 0 Å². The molecule has 6 heteroatoms. The van der Waals surface area contributed by atoms with Crippen molar-refractivity contribution < 1.29 is 13.5 Å². The van der Waals surface area contributed by atoms with Crippen molar-refractivity contribution in [3.05, 3.63) is 29.8 Å². The molecule has 0 spiro atoms. The van der Waals surface area contributed by atoms with E-state index in [0.29, 0.717) is 12.1 Å². The summed E-state index contributed by atoms with van der Waals surface area (Å²) in [6.07, 6.45) is 2.72. The van der Waals surface area contributed by atoms with Gasteiger partial charge in [-0.3, -0.25) is 0 Å². The van der Waals surface area contributed by atoms with E-state index in [2.05, 4.69) is 0 Å². The molecular weight excluding hydrogens is 276 g/mol. The van der Waals surface area contributed by atoms with Crippen molar-refractivity contribution in [1.29, 1.82) is 5.26 Å². The number of aliphatic hydroxyl groups excluding tert-OH is 1. The Labute approximate surface area is 120 Å². The molecule has 1 aromatic rings. The summed E-state index contributed by atoms with van der Waals surface area (Å²) < 4.78 is 26.2. The van der Waals surface area contributed by atoms with Crippen LogP contribution in [-0.4, -0.2) is 37.5 Å². The second-order valence-electron chi connectivity index (χ2n) is 4.47. The molecule has 0 aliphatic heterocycles. The smallest absolute Gasteiger partial charge is 0.243 e. The summed E-state index contributed by atoms with van der Waals surface area (Å²) in [4.78, 5) is 0.154. The Hall–Kier alpha value is -1.42. The molecule has 0 unspecified atom stereocenters. The van der Waals surface area contributed by atoms with Crippen molar-refractivity contribution >= 4 is 10.0 Å². The lowest BCUT2D eigenvalue weighted by Gasteiger charge is -2.21. The number of benzene rings is 1. The summed E-state index contributed by atoms with van der Waals surface area (Å²) in [7, 11) is -3.60. The van der Waals surface area contributed by atoms with Gasteiger partial charge in [0.2, 0.25) is 10.0 Å². The Morgan fingerprint density at radius 2 is 1.85 bits per heavy atom. The Morgan fingerprint density at radius 3 is 2.35 bits per heavy atom. The van der Waals surface area contributed by atoms with Crippen molar-refractivity contribution in [3.8, 4) is 6.07 Å². The first-order chi connectivity index (χ1) is 9.56. The monoisotopic (exact) mass is 296 g/mol. The van der Waals surface area contributed by atoms with Crippen LogP contribution in [0.5, 0.6) is 0 Å². The van der Waals surface area contributed by atoms with Crippen LogP contribution in [0.25, 0.3) is 0 Å². The number of aliphatic hydroxyl groups is 1. The lowest BCUT2D eigenvalue weighted by atomic mass is 10.2. The fourth-order valence-electron chi connectivity index (χ4n) is 1.85. The maximum Gasteiger partial charge on any atom is 0.243 e.